The fraction of sp³-hybridized carbons (Fsp3) is 0.130. The quantitative estimate of drug-likeness (QED) is 0.231. The zero-order valence-electron chi connectivity index (χ0n) is 15.7. The highest BCUT2D eigenvalue weighted by Gasteiger charge is 2.21. The van der Waals surface area contributed by atoms with Gasteiger partial charge >= 0.3 is 0 Å². The Kier molecular flexibility index (Phi) is 7.66. The van der Waals surface area contributed by atoms with Crippen molar-refractivity contribution < 1.29 is 9.90 Å². The normalized spacial score (nSPS) is 11.7. The molecule has 30 heavy (non-hydrogen) atoms. The van der Waals surface area contributed by atoms with Crippen molar-refractivity contribution in [3.8, 4) is 11.8 Å². The van der Waals surface area contributed by atoms with Gasteiger partial charge in [0.2, 0.25) is 0 Å². The topological polar surface area (TPSA) is 61.1 Å². The molecule has 0 fully saturated rings. The predicted octanol–water partition coefficient (Wildman–Crippen LogP) is 7.30. The number of aromatic hydroxyl groups is 1. The third-order valence-corrected chi connectivity index (χ3v) is 6.80. The van der Waals surface area contributed by atoms with E-state index >= 15 is 0 Å². The van der Waals surface area contributed by atoms with Crippen LogP contribution in [0.15, 0.2) is 48.5 Å². The minimum Gasteiger partial charge on any atom is -0.506 e. The molecule has 3 nitrogen and oxygen atoms in total. The highest BCUT2D eigenvalue weighted by molar-refractivity contribution is 14.1. The van der Waals surface area contributed by atoms with Gasteiger partial charge in [-0.15, -0.1) is 0 Å². The van der Waals surface area contributed by atoms with E-state index in [-0.39, 0.29) is 18.0 Å². The maximum Gasteiger partial charge on any atom is 0.171 e. The number of nitrogens with zero attached hydrogens (tertiary/aromatic N) is 1. The number of halogens is 4. The molecule has 0 saturated carbocycles. The van der Waals surface area contributed by atoms with Gasteiger partial charge < -0.3 is 5.11 Å². The summed E-state index contributed by atoms with van der Waals surface area (Å²) in [4.78, 5) is 12.9. The van der Waals surface area contributed by atoms with Crippen LogP contribution < -0.4 is 0 Å². The smallest absolute Gasteiger partial charge is 0.171 e. The van der Waals surface area contributed by atoms with Crippen molar-refractivity contribution >= 4 is 74.2 Å². The van der Waals surface area contributed by atoms with Crippen LogP contribution in [0.1, 0.15) is 38.5 Å². The third kappa shape index (κ3) is 5.10. The first-order valence-electron chi connectivity index (χ1n) is 8.86. The molecule has 0 aliphatic rings. The molecule has 7 heteroatoms. The van der Waals surface area contributed by atoms with Crippen molar-refractivity contribution in [1.29, 1.82) is 5.26 Å². The lowest BCUT2D eigenvalue weighted by Gasteiger charge is -2.16. The number of hydrogen-bond donors (Lipinski definition) is 1. The van der Waals surface area contributed by atoms with E-state index in [2.05, 4.69) is 28.7 Å². The van der Waals surface area contributed by atoms with Crippen LogP contribution in [0.3, 0.4) is 0 Å². The number of phenolic OH excluding ortho intramolecular Hbond substituents is 1. The fourth-order valence-electron chi connectivity index (χ4n) is 3.18. The molecule has 0 spiro atoms. The predicted molar refractivity (Wildman–Crippen MR) is 137 cm³/mol. The molecular formula is C23H15Cl2I2NO2. The summed E-state index contributed by atoms with van der Waals surface area (Å²) in [5.74, 6) is -0.737. The Bertz CT molecular complexity index is 1170. The second-order valence-electron chi connectivity index (χ2n) is 6.80. The molecular weight excluding hydrogens is 647 g/mol. The molecule has 152 valence electrons. The summed E-state index contributed by atoms with van der Waals surface area (Å²) in [7, 11) is 0. The minimum atomic E-state index is -0.542. The summed E-state index contributed by atoms with van der Waals surface area (Å²) < 4.78 is 1.51. The van der Waals surface area contributed by atoms with Gasteiger partial charge in [0.05, 0.1) is 21.1 Å². The summed E-state index contributed by atoms with van der Waals surface area (Å²) in [5, 5.41) is 21.0. The number of hydrogen-bond acceptors (Lipinski definition) is 3. The Morgan fingerprint density at radius 3 is 2.43 bits per heavy atom. The van der Waals surface area contributed by atoms with E-state index in [0.29, 0.717) is 24.7 Å². The van der Waals surface area contributed by atoms with E-state index in [4.69, 9.17) is 23.2 Å². The van der Waals surface area contributed by atoms with Crippen LogP contribution in [-0.4, -0.2) is 10.9 Å². The molecule has 0 radical (unpaired) electrons. The zero-order chi connectivity index (χ0) is 22.0. The number of aryl methyl sites for hydroxylation is 1. The van der Waals surface area contributed by atoms with E-state index in [1.165, 1.54) is 0 Å². The molecule has 3 rings (SSSR count). The summed E-state index contributed by atoms with van der Waals surface area (Å²) in [6.07, 6.45) is 0.105. The average Bonchev–Trinajstić information content (AvgIpc) is 2.70. The van der Waals surface area contributed by atoms with Crippen molar-refractivity contribution in [3.63, 3.8) is 0 Å². The molecule has 0 aromatic heterocycles. The maximum absolute atomic E-state index is 12.9. The van der Waals surface area contributed by atoms with E-state index in [1.54, 1.807) is 36.4 Å². The van der Waals surface area contributed by atoms with Gasteiger partial charge in [0, 0.05) is 20.0 Å². The Morgan fingerprint density at radius 2 is 1.80 bits per heavy atom. The number of rotatable bonds is 5. The first-order valence-corrected chi connectivity index (χ1v) is 11.8. The molecule has 0 aliphatic carbocycles. The second kappa shape index (κ2) is 9.86. The summed E-state index contributed by atoms with van der Waals surface area (Å²) in [6.45, 7) is 1.89. The molecule has 1 N–H and O–H groups in total. The number of phenols is 1. The zero-order valence-corrected chi connectivity index (χ0v) is 21.5. The molecule has 0 heterocycles. The van der Waals surface area contributed by atoms with Crippen LogP contribution in [-0.2, 0) is 6.42 Å². The van der Waals surface area contributed by atoms with E-state index < -0.39 is 5.92 Å². The lowest BCUT2D eigenvalue weighted by atomic mass is 9.89. The van der Waals surface area contributed by atoms with Crippen LogP contribution >= 0.6 is 68.4 Å². The summed E-state index contributed by atoms with van der Waals surface area (Å²) in [6, 6.07) is 16.5. The molecule has 0 amide bonds. The number of carbonyl (C=O) groups excluding carboxylic acids is 1. The van der Waals surface area contributed by atoms with Crippen molar-refractivity contribution in [2.75, 3.05) is 0 Å². The van der Waals surface area contributed by atoms with Gasteiger partial charge in [0.15, 0.2) is 5.78 Å². The minimum absolute atomic E-state index is 0.00586. The van der Waals surface area contributed by atoms with Gasteiger partial charge in [-0.05, 0) is 105 Å². The van der Waals surface area contributed by atoms with Crippen LogP contribution in [0.25, 0.3) is 0 Å². The third-order valence-electron chi connectivity index (χ3n) is 4.78. The van der Waals surface area contributed by atoms with Crippen LogP contribution in [0, 0.1) is 25.4 Å². The van der Waals surface area contributed by atoms with Gasteiger partial charge in [0.25, 0.3) is 0 Å². The van der Waals surface area contributed by atoms with Crippen molar-refractivity contribution in [3.05, 3.63) is 93.5 Å². The van der Waals surface area contributed by atoms with Gasteiger partial charge in [-0.25, -0.2) is 0 Å². The number of benzene rings is 3. The van der Waals surface area contributed by atoms with Crippen LogP contribution in [0.2, 0.25) is 10.0 Å². The Labute approximate surface area is 212 Å². The van der Waals surface area contributed by atoms with E-state index in [9.17, 15) is 15.2 Å². The number of Topliss-reactive ketones (excluding diaryl/α,β-unsaturated/α-hetero) is 1. The van der Waals surface area contributed by atoms with E-state index in [1.807, 2.05) is 41.6 Å². The highest BCUT2D eigenvalue weighted by Crippen LogP contribution is 2.34. The molecule has 3 aromatic carbocycles. The van der Waals surface area contributed by atoms with Gasteiger partial charge in [-0.1, -0.05) is 41.4 Å². The van der Waals surface area contributed by atoms with Gasteiger partial charge in [0.1, 0.15) is 5.75 Å². The Morgan fingerprint density at radius 1 is 1.13 bits per heavy atom. The Balaban J connectivity index is 1.94. The van der Waals surface area contributed by atoms with Crippen molar-refractivity contribution in [2.24, 2.45) is 0 Å². The molecule has 0 bridgehead atoms. The SMILES string of the molecule is Cc1cc(C(C#N)c2ccc(Cl)cc2)c(Cl)cc1CC(=O)c1cc(I)cc(I)c1O. The standard InChI is InChI=1S/C23H15Cl2I2NO2/c1-12-6-17(19(11-28)13-2-4-15(24)5-3-13)20(25)7-14(12)8-22(29)18-9-16(26)10-21(27)23(18)30/h2-7,9-10,19,30H,8H2,1H3. The molecule has 1 atom stereocenters. The lowest BCUT2D eigenvalue weighted by Crippen LogP contribution is -2.08. The second-order valence-corrected chi connectivity index (χ2v) is 10.0. The first kappa shape index (κ1) is 23.3. The summed E-state index contributed by atoms with van der Waals surface area (Å²) in [5.41, 5.74) is 3.39. The molecule has 0 saturated heterocycles. The fourth-order valence-corrected chi connectivity index (χ4v) is 5.45. The van der Waals surface area contributed by atoms with Crippen LogP contribution in [0.5, 0.6) is 5.75 Å². The van der Waals surface area contributed by atoms with E-state index in [0.717, 1.165) is 20.3 Å². The van der Waals surface area contributed by atoms with Crippen LogP contribution in [0.4, 0.5) is 0 Å². The van der Waals surface area contributed by atoms with Crippen molar-refractivity contribution in [2.45, 2.75) is 19.3 Å². The first-order chi connectivity index (χ1) is 14.2. The van der Waals surface area contributed by atoms with Crippen molar-refractivity contribution in [1.82, 2.24) is 0 Å². The van der Waals surface area contributed by atoms with Gasteiger partial charge in [-0.2, -0.15) is 5.26 Å². The number of ketones is 1. The molecule has 0 aliphatic heterocycles. The average molecular weight is 662 g/mol. The molecule has 1 unspecified atom stereocenters. The van der Waals surface area contributed by atoms with Gasteiger partial charge in [-0.3, -0.25) is 4.79 Å². The Hall–Kier alpha value is -1.34. The number of nitriles is 1. The summed E-state index contributed by atoms with van der Waals surface area (Å²) >= 11 is 16.6. The monoisotopic (exact) mass is 661 g/mol. The maximum atomic E-state index is 12.9. The molecule has 3 aromatic rings. The lowest BCUT2D eigenvalue weighted by molar-refractivity contribution is 0.0990. The highest BCUT2D eigenvalue weighted by atomic mass is 127. The largest absolute Gasteiger partial charge is 0.506 e. The number of carbonyl (C=O) groups is 1.